The fraction of sp³-hybridized carbons (Fsp3) is 0.296. The summed E-state index contributed by atoms with van der Waals surface area (Å²) in [5, 5.41) is 2.75. The van der Waals surface area contributed by atoms with Crippen LogP contribution in [0.5, 0.6) is 5.75 Å². The summed E-state index contributed by atoms with van der Waals surface area (Å²) in [4.78, 5) is 30.5. The number of halogens is 3. The molecular formula is C27H26F3N3O3. The number of nitrogens with zero attached hydrogens (tertiary/aromatic N) is 2. The van der Waals surface area contributed by atoms with E-state index in [1.54, 1.807) is 30.6 Å². The Kier molecular flexibility index (Phi) is 7.87. The number of carbonyl (C=O) groups is 2. The van der Waals surface area contributed by atoms with Crippen LogP contribution < -0.4 is 10.1 Å². The number of amides is 2. The molecule has 1 aliphatic heterocycles. The molecule has 36 heavy (non-hydrogen) atoms. The average Bonchev–Trinajstić information content (AvgIpc) is 2.87. The van der Waals surface area contributed by atoms with Gasteiger partial charge in [-0.2, -0.15) is 13.2 Å². The predicted molar refractivity (Wildman–Crippen MR) is 129 cm³/mol. The molecule has 0 aliphatic carbocycles. The molecule has 0 unspecified atom stereocenters. The first-order valence-corrected chi connectivity index (χ1v) is 11.7. The maximum absolute atomic E-state index is 12.7. The van der Waals surface area contributed by atoms with Crippen LogP contribution in [-0.4, -0.2) is 54.1 Å². The number of nitrogens with one attached hydrogen (secondary N) is 1. The van der Waals surface area contributed by atoms with E-state index in [1.165, 1.54) is 4.90 Å². The minimum atomic E-state index is -4.42. The summed E-state index contributed by atoms with van der Waals surface area (Å²) in [6, 6.07) is 16.8. The molecule has 0 spiro atoms. The first-order chi connectivity index (χ1) is 17.3. The van der Waals surface area contributed by atoms with Crippen molar-refractivity contribution < 1.29 is 27.5 Å². The molecule has 1 aliphatic rings. The van der Waals surface area contributed by atoms with Gasteiger partial charge in [0.1, 0.15) is 12.4 Å². The lowest BCUT2D eigenvalue weighted by atomic mass is 9.97. The van der Waals surface area contributed by atoms with Crippen molar-refractivity contribution in [1.29, 1.82) is 0 Å². The lowest BCUT2D eigenvalue weighted by Crippen LogP contribution is -2.41. The summed E-state index contributed by atoms with van der Waals surface area (Å²) in [5.74, 6) is -0.325. The number of hydrogen-bond donors (Lipinski definition) is 1. The normalized spacial score (nSPS) is 14.8. The molecule has 4 rings (SSSR count). The molecule has 2 aromatic carbocycles. The number of pyridine rings is 1. The van der Waals surface area contributed by atoms with Crippen LogP contribution in [0.3, 0.4) is 0 Å². The van der Waals surface area contributed by atoms with Gasteiger partial charge in [0.05, 0.1) is 13.0 Å². The molecule has 0 radical (unpaired) electrons. The first kappa shape index (κ1) is 25.2. The molecule has 2 heterocycles. The van der Waals surface area contributed by atoms with Crippen molar-refractivity contribution in [2.45, 2.75) is 25.4 Å². The average molecular weight is 498 g/mol. The number of carbonyl (C=O) groups excluding carboxylic acids is 2. The highest BCUT2D eigenvalue weighted by Crippen LogP contribution is 2.29. The Morgan fingerprint density at radius 1 is 1.00 bits per heavy atom. The minimum absolute atomic E-state index is 0.0827. The summed E-state index contributed by atoms with van der Waals surface area (Å²) < 4.78 is 44.0. The second kappa shape index (κ2) is 11.2. The van der Waals surface area contributed by atoms with E-state index in [2.05, 4.69) is 10.3 Å². The third-order valence-electron chi connectivity index (χ3n) is 5.92. The van der Waals surface area contributed by atoms with E-state index in [-0.39, 0.29) is 32.1 Å². The second-order valence-electron chi connectivity index (χ2n) is 8.54. The third kappa shape index (κ3) is 6.84. The van der Waals surface area contributed by atoms with Crippen molar-refractivity contribution in [2.24, 2.45) is 0 Å². The Morgan fingerprint density at radius 2 is 1.81 bits per heavy atom. The van der Waals surface area contributed by atoms with Crippen molar-refractivity contribution in [2.75, 3.05) is 26.2 Å². The van der Waals surface area contributed by atoms with Crippen LogP contribution in [0.15, 0.2) is 67.0 Å². The number of fused-ring (bicyclic) bond motifs is 3. The van der Waals surface area contributed by atoms with Crippen molar-refractivity contribution in [3.63, 3.8) is 0 Å². The molecule has 2 amide bonds. The van der Waals surface area contributed by atoms with Gasteiger partial charge in [-0.3, -0.25) is 14.6 Å². The van der Waals surface area contributed by atoms with Crippen molar-refractivity contribution in [3.05, 3.63) is 83.7 Å². The molecule has 6 nitrogen and oxygen atoms in total. The minimum Gasteiger partial charge on any atom is -0.491 e. The Balaban J connectivity index is 1.62. The molecule has 3 aromatic rings. The van der Waals surface area contributed by atoms with Gasteiger partial charge in [0.2, 0.25) is 5.91 Å². The second-order valence-corrected chi connectivity index (χ2v) is 8.54. The Labute approximate surface area is 207 Å². The zero-order valence-electron chi connectivity index (χ0n) is 19.6. The van der Waals surface area contributed by atoms with Gasteiger partial charge >= 0.3 is 6.18 Å². The van der Waals surface area contributed by atoms with E-state index < -0.39 is 24.9 Å². The van der Waals surface area contributed by atoms with Crippen molar-refractivity contribution in [1.82, 2.24) is 15.2 Å². The highest BCUT2D eigenvalue weighted by Gasteiger charge is 2.29. The number of alkyl halides is 3. The fourth-order valence-electron chi connectivity index (χ4n) is 4.07. The molecule has 0 fully saturated rings. The quantitative estimate of drug-likeness (QED) is 0.573. The van der Waals surface area contributed by atoms with E-state index in [4.69, 9.17) is 4.74 Å². The van der Waals surface area contributed by atoms with E-state index in [1.807, 2.05) is 36.4 Å². The smallest absolute Gasteiger partial charge is 0.389 e. The number of benzene rings is 2. The first-order valence-electron chi connectivity index (χ1n) is 11.7. The van der Waals surface area contributed by atoms with Gasteiger partial charge in [0, 0.05) is 43.9 Å². The largest absolute Gasteiger partial charge is 0.491 e. The molecular weight excluding hydrogens is 471 g/mol. The van der Waals surface area contributed by atoms with E-state index in [9.17, 15) is 22.8 Å². The zero-order chi connectivity index (χ0) is 25.5. The number of ether oxygens (including phenoxy) is 1. The van der Waals surface area contributed by atoms with E-state index >= 15 is 0 Å². The summed E-state index contributed by atoms with van der Waals surface area (Å²) in [5.41, 5.74) is 4.24. The summed E-state index contributed by atoms with van der Waals surface area (Å²) in [6.45, 7) is 0.406. The summed E-state index contributed by atoms with van der Waals surface area (Å²) in [7, 11) is 0. The standard InChI is InChI=1S/C27H26F3N3O3/c28-27(29,30)9-6-25(34)33-13-12-32-26(35)22-3-1-2-19(16-22)17-23-18-21(20-7-10-31-11-8-20)4-5-24(23)36-15-14-33/h1-5,7-8,10-11,16,18H,6,9,12-15,17H2,(H,32,35). The molecule has 9 heteroatoms. The van der Waals surface area contributed by atoms with Gasteiger partial charge in [-0.25, -0.2) is 0 Å². The molecule has 1 N–H and O–H groups in total. The van der Waals surface area contributed by atoms with Crippen LogP contribution in [0.4, 0.5) is 13.2 Å². The van der Waals surface area contributed by atoms with Crippen molar-refractivity contribution in [3.8, 4) is 16.9 Å². The molecule has 2 bridgehead atoms. The van der Waals surface area contributed by atoms with Crippen LogP contribution >= 0.6 is 0 Å². The lowest BCUT2D eigenvalue weighted by molar-refractivity contribution is -0.149. The molecule has 0 saturated heterocycles. The number of aromatic nitrogens is 1. The van der Waals surface area contributed by atoms with Gasteiger partial charge in [0.15, 0.2) is 0 Å². The van der Waals surface area contributed by atoms with Crippen LogP contribution in [0.1, 0.15) is 34.3 Å². The fourth-order valence-corrected chi connectivity index (χ4v) is 4.07. The monoisotopic (exact) mass is 497 g/mol. The molecule has 0 saturated carbocycles. The SMILES string of the molecule is O=C1NCCN(C(=O)CCC(F)(F)F)CCOc2ccc(-c3ccncc3)cc2Cc2cccc1c2. The maximum Gasteiger partial charge on any atom is 0.389 e. The van der Waals surface area contributed by atoms with E-state index in [0.717, 1.165) is 22.3 Å². The molecule has 1 aromatic heterocycles. The van der Waals surface area contributed by atoms with Crippen LogP contribution in [0.2, 0.25) is 0 Å². The third-order valence-corrected chi connectivity index (χ3v) is 5.92. The predicted octanol–water partition coefficient (Wildman–Crippen LogP) is 4.63. The highest BCUT2D eigenvalue weighted by atomic mass is 19.4. The van der Waals surface area contributed by atoms with Gasteiger partial charge in [-0.15, -0.1) is 0 Å². The highest BCUT2D eigenvalue weighted by molar-refractivity contribution is 5.94. The number of hydrogen-bond acceptors (Lipinski definition) is 4. The number of rotatable bonds is 3. The Hall–Kier alpha value is -3.88. The topological polar surface area (TPSA) is 71.5 Å². The van der Waals surface area contributed by atoms with Crippen LogP contribution in [0, 0.1) is 0 Å². The Morgan fingerprint density at radius 3 is 2.58 bits per heavy atom. The Bertz CT molecular complexity index is 1220. The van der Waals surface area contributed by atoms with Gasteiger partial charge < -0.3 is 15.0 Å². The van der Waals surface area contributed by atoms with Gasteiger partial charge in [-0.05, 0) is 58.7 Å². The summed E-state index contributed by atoms with van der Waals surface area (Å²) in [6.07, 6.45) is -2.33. The molecule has 0 atom stereocenters. The molecule has 188 valence electrons. The van der Waals surface area contributed by atoms with Gasteiger partial charge in [0.25, 0.3) is 5.91 Å². The van der Waals surface area contributed by atoms with Crippen LogP contribution in [0.25, 0.3) is 11.1 Å². The zero-order valence-corrected chi connectivity index (χ0v) is 19.6. The van der Waals surface area contributed by atoms with E-state index in [0.29, 0.717) is 17.7 Å². The van der Waals surface area contributed by atoms with Crippen LogP contribution in [-0.2, 0) is 11.2 Å². The van der Waals surface area contributed by atoms with Gasteiger partial charge in [-0.1, -0.05) is 18.2 Å². The van der Waals surface area contributed by atoms with Crippen molar-refractivity contribution >= 4 is 11.8 Å². The maximum atomic E-state index is 12.7. The summed E-state index contributed by atoms with van der Waals surface area (Å²) >= 11 is 0. The lowest BCUT2D eigenvalue weighted by Gasteiger charge is -2.24.